The van der Waals surface area contributed by atoms with E-state index in [4.69, 9.17) is 0 Å². The molecule has 0 spiro atoms. The molecule has 3 aliphatic rings. The second-order valence-electron chi connectivity index (χ2n) is 12.1. The van der Waals surface area contributed by atoms with Crippen molar-refractivity contribution in [1.29, 1.82) is 0 Å². The van der Waals surface area contributed by atoms with Crippen LogP contribution in [-0.4, -0.2) is 34.1 Å². The third kappa shape index (κ3) is 7.64. The lowest BCUT2D eigenvalue weighted by atomic mass is 9.68. The summed E-state index contributed by atoms with van der Waals surface area (Å²) in [4.78, 5) is 14.6. The molecule has 4 heteroatoms. The summed E-state index contributed by atoms with van der Waals surface area (Å²) in [7, 11) is 0. The van der Waals surface area contributed by atoms with Crippen molar-refractivity contribution in [2.45, 2.75) is 110 Å². The molecule has 0 atom stereocenters. The number of carbonyl (C=O) groups excluding carboxylic acids is 1. The highest BCUT2D eigenvalue weighted by Crippen LogP contribution is 2.43. The number of hydrogen-bond acceptors (Lipinski definition) is 3. The number of aromatic hydroxyl groups is 2. The fraction of sp³-hybridized carbons (Fsp3) is 0.774. The molecule has 1 aromatic rings. The molecule has 0 unspecified atom stereocenters. The summed E-state index contributed by atoms with van der Waals surface area (Å²) in [6.07, 6.45) is 22.4. The standard InChI is InChI=1S/C31H49NO3/c1-2-3-4-5-23-8-12-26(13-9-23)27-14-10-24(11-15-27)6-7-25-16-18-32(19-17-25)31(35)28-20-29(33)22-30(34)21-28/h20-27,33-34H,2-19H2,1H3. The Morgan fingerprint density at radius 1 is 0.714 bits per heavy atom. The lowest BCUT2D eigenvalue weighted by molar-refractivity contribution is 0.0679. The van der Waals surface area contributed by atoms with Crippen molar-refractivity contribution in [3.8, 4) is 11.5 Å². The average Bonchev–Trinajstić information content (AvgIpc) is 2.88. The first-order valence-corrected chi connectivity index (χ1v) is 14.8. The molecule has 1 aromatic carbocycles. The Kier molecular flexibility index (Phi) is 9.80. The average molecular weight is 484 g/mol. The molecular weight excluding hydrogens is 434 g/mol. The van der Waals surface area contributed by atoms with E-state index in [-0.39, 0.29) is 17.4 Å². The number of unbranched alkanes of at least 4 members (excludes halogenated alkanes) is 2. The molecule has 0 radical (unpaired) electrons. The van der Waals surface area contributed by atoms with Gasteiger partial charge in [0.1, 0.15) is 11.5 Å². The number of amides is 1. The van der Waals surface area contributed by atoms with E-state index in [0.717, 1.165) is 55.5 Å². The number of phenolic OH excluding ortho intramolecular Hbond substituents is 2. The molecule has 196 valence electrons. The van der Waals surface area contributed by atoms with E-state index < -0.39 is 0 Å². The minimum absolute atomic E-state index is 0.0620. The van der Waals surface area contributed by atoms with Crippen molar-refractivity contribution in [3.05, 3.63) is 23.8 Å². The normalized spacial score (nSPS) is 28.2. The molecule has 1 aliphatic heterocycles. The van der Waals surface area contributed by atoms with Gasteiger partial charge in [0, 0.05) is 24.7 Å². The Balaban J connectivity index is 1.10. The van der Waals surface area contributed by atoms with E-state index in [2.05, 4.69) is 6.92 Å². The number of likely N-dealkylation sites (tertiary alicyclic amines) is 1. The molecule has 35 heavy (non-hydrogen) atoms. The first-order chi connectivity index (χ1) is 17.0. The zero-order chi connectivity index (χ0) is 24.6. The molecule has 4 rings (SSSR count). The smallest absolute Gasteiger partial charge is 0.254 e. The van der Waals surface area contributed by atoms with Gasteiger partial charge in [0.2, 0.25) is 0 Å². The zero-order valence-corrected chi connectivity index (χ0v) is 22.1. The summed E-state index contributed by atoms with van der Waals surface area (Å²) >= 11 is 0. The fourth-order valence-electron chi connectivity index (χ4n) is 7.38. The minimum Gasteiger partial charge on any atom is -0.508 e. The van der Waals surface area contributed by atoms with E-state index in [1.54, 1.807) is 0 Å². The monoisotopic (exact) mass is 483 g/mol. The maximum absolute atomic E-state index is 12.8. The summed E-state index contributed by atoms with van der Waals surface area (Å²) in [5, 5.41) is 19.4. The lowest BCUT2D eigenvalue weighted by Crippen LogP contribution is -2.38. The van der Waals surface area contributed by atoms with Crippen molar-refractivity contribution >= 4 is 5.91 Å². The van der Waals surface area contributed by atoms with Crippen LogP contribution in [0.3, 0.4) is 0 Å². The second kappa shape index (κ2) is 13.0. The third-order valence-electron chi connectivity index (χ3n) is 9.70. The Morgan fingerprint density at radius 2 is 1.20 bits per heavy atom. The van der Waals surface area contributed by atoms with E-state index in [1.165, 1.54) is 108 Å². The van der Waals surface area contributed by atoms with Gasteiger partial charge in [-0.2, -0.15) is 0 Å². The van der Waals surface area contributed by atoms with Crippen LogP contribution in [-0.2, 0) is 0 Å². The summed E-state index contributed by atoms with van der Waals surface area (Å²) in [5.41, 5.74) is 0.377. The SMILES string of the molecule is CCCCCC1CCC(C2CCC(CCC3CCN(C(=O)c4cc(O)cc(O)c4)CC3)CC2)CC1. The number of nitrogens with zero attached hydrogens (tertiary/aromatic N) is 1. The number of benzene rings is 1. The van der Waals surface area contributed by atoms with Crippen LogP contribution in [0.2, 0.25) is 0 Å². The number of carbonyl (C=O) groups is 1. The molecule has 0 aromatic heterocycles. The van der Waals surface area contributed by atoms with Crippen LogP contribution in [0.25, 0.3) is 0 Å². The summed E-state index contributed by atoms with van der Waals surface area (Å²) < 4.78 is 0. The van der Waals surface area contributed by atoms with Crippen LogP contribution < -0.4 is 0 Å². The summed E-state index contributed by atoms with van der Waals surface area (Å²) in [6, 6.07) is 4.16. The number of rotatable bonds is 9. The van der Waals surface area contributed by atoms with Gasteiger partial charge in [0.25, 0.3) is 5.91 Å². The van der Waals surface area contributed by atoms with Crippen molar-refractivity contribution in [2.75, 3.05) is 13.1 Å². The highest BCUT2D eigenvalue weighted by Gasteiger charge is 2.31. The van der Waals surface area contributed by atoms with Gasteiger partial charge < -0.3 is 15.1 Å². The van der Waals surface area contributed by atoms with E-state index in [1.807, 2.05) is 4.90 Å². The van der Waals surface area contributed by atoms with Crippen LogP contribution >= 0.6 is 0 Å². The Bertz CT molecular complexity index is 764. The minimum atomic E-state index is -0.0806. The maximum Gasteiger partial charge on any atom is 0.254 e. The molecule has 4 nitrogen and oxygen atoms in total. The van der Waals surface area contributed by atoms with Gasteiger partial charge in [0.15, 0.2) is 0 Å². The van der Waals surface area contributed by atoms with Crippen molar-refractivity contribution in [1.82, 2.24) is 4.90 Å². The van der Waals surface area contributed by atoms with Gasteiger partial charge >= 0.3 is 0 Å². The van der Waals surface area contributed by atoms with Gasteiger partial charge in [-0.25, -0.2) is 0 Å². The molecule has 2 N–H and O–H groups in total. The number of phenols is 2. The van der Waals surface area contributed by atoms with Gasteiger partial charge in [0.05, 0.1) is 0 Å². The van der Waals surface area contributed by atoms with Crippen LogP contribution in [0.5, 0.6) is 11.5 Å². The highest BCUT2D eigenvalue weighted by atomic mass is 16.3. The number of hydrogen-bond donors (Lipinski definition) is 2. The Labute approximate surface area is 213 Å². The first kappa shape index (κ1) is 26.4. The summed E-state index contributed by atoms with van der Waals surface area (Å²) in [5.74, 6) is 4.51. The molecule has 3 fully saturated rings. The van der Waals surface area contributed by atoms with Gasteiger partial charge in [-0.15, -0.1) is 0 Å². The second-order valence-corrected chi connectivity index (χ2v) is 12.1. The molecule has 1 amide bonds. The summed E-state index contributed by atoms with van der Waals surface area (Å²) in [6.45, 7) is 3.88. The van der Waals surface area contributed by atoms with Crippen LogP contribution in [0, 0.1) is 29.6 Å². The van der Waals surface area contributed by atoms with Crippen molar-refractivity contribution in [3.63, 3.8) is 0 Å². The predicted octanol–water partition coefficient (Wildman–Crippen LogP) is 7.92. The third-order valence-corrected chi connectivity index (χ3v) is 9.70. The first-order valence-electron chi connectivity index (χ1n) is 14.8. The van der Waals surface area contributed by atoms with Gasteiger partial charge in [-0.3, -0.25) is 4.79 Å². The Hall–Kier alpha value is -1.71. The maximum atomic E-state index is 12.8. The number of piperidine rings is 1. The van der Waals surface area contributed by atoms with Crippen LogP contribution in [0.4, 0.5) is 0 Å². The van der Waals surface area contributed by atoms with E-state index >= 15 is 0 Å². The highest BCUT2D eigenvalue weighted by molar-refractivity contribution is 5.95. The van der Waals surface area contributed by atoms with E-state index in [0.29, 0.717) is 5.56 Å². The molecule has 1 saturated heterocycles. The predicted molar refractivity (Wildman–Crippen MR) is 143 cm³/mol. The van der Waals surface area contributed by atoms with Crippen molar-refractivity contribution < 1.29 is 15.0 Å². The molecular formula is C31H49NO3. The largest absolute Gasteiger partial charge is 0.508 e. The van der Waals surface area contributed by atoms with Crippen LogP contribution in [0.1, 0.15) is 120 Å². The Morgan fingerprint density at radius 3 is 1.71 bits per heavy atom. The molecule has 2 aliphatic carbocycles. The van der Waals surface area contributed by atoms with Crippen LogP contribution in [0.15, 0.2) is 18.2 Å². The van der Waals surface area contributed by atoms with E-state index in [9.17, 15) is 15.0 Å². The topological polar surface area (TPSA) is 60.8 Å². The van der Waals surface area contributed by atoms with Crippen molar-refractivity contribution in [2.24, 2.45) is 29.6 Å². The lowest BCUT2D eigenvalue weighted by Gasteiger charge is -2.38. The quantitative estimate of drug-likeness (QED) is 0.351. The molecule has 0 bridgehead atoms. The molecule has 2 saturated carbocycles. The van der Waals surface area contributed by atoms with Gasteiger partial charge in [-0.1, -0.05) is 71.1 Å². The van der Waals surface area contributed by atoms with Gasteiger partial charge in [-0.05, 0) is 80.2 Å². The molecule has 1 heterocycles. The fourth-order valence-corrected chi connectivity index (χ4v) is 7.38. The zero-order valence-electron chi connectivity index (χ0n) is 22.1.